The molecule has 5 nitrogen and oxygen atoms in total. The van der Waals surface area contributed by atoms with Gasteiger partial charge in [0.15, 0.2) is 17.5 Å². The lowest BCUT2D eigenvalue weighted by atomic mass is 9.85. The third-order valence-electron chi connectivity index (χ3n) is 4.34. The Hall–Kier alpha value is -1.61. The number of hydrogen-bond donors (Lipinski definition) is 1. The summed E-state index contributed by atoms with van der Waals surface area (Å²) in [5.41, 5.74) is 0. The summed E-state index contributed by atoms with van der Waals surface area (Å²) in [7, 11) is -4.32. The molecule has 2 rings (SSSR count). The molecule has 1 aliphatic heterocycles. The molecule has 0 saturated carbocycles. The first-order valence-electron chi connectivity index (χ1n) is 7.50. The van der Waals surface area contributed by atoms with Crippen LogP contribution in [0.3, 0.4) is 0 Å². The SMILES string of the molecule is CC(CC(=O)O)C1CCCN(S(=O)(=O)c2ccc(F)c(F)c2F)C1. The number of piperidine rings is 1. The van der Waals surface area contributed by atoms with Crippen LogP contribution in [0.25, 0.3) is 0 Å². The topological polar surface area (TPSA) is 74.7 Å². The molecule has 1 fully saturated rings. The van der Waals surface area contributed by atoms with Crippen molar-refractivity contribution in [1.82, 2.24) is 4.31 Å². The molecule has 0 amide bonds. The quantitative estimate of drug-likeness (QED) is 0.814. The van der Waals surface area contributed by atoms with Crippen LogP contribution in [0.4, 0.5) is 13.2 Å². The summed E-state index contributed by atoms with van der Waals surface area (Å²) in [6, 6.07) is 1.27. The first-order chi connectivity index (χ1) is 11.1. The van der Waals surface area contributed by atoms with Gasteiger partial charge in [0.05, 0.1) is 0 Å². The minimum absolute atomic E-state index is 0.0230. The van der Waals surface area contributed by atoms with Crippen molar-refractivity contribution in [3.63, 3.8) is 0 Å². The smallest absolute Gasteiger partial charge is 0.303 e. The number of carbonyl (C=O) groups is 1. The number of rotatable bonds is 5. The van der Waals surface area contributed by atoms with E-state index in [9.17, 15) is 26.4 Å². The van der Waals surface area contributed by atoms with E-state index in [1.165, 1.54) is 0 Å². The predicted octanol–water partition coefficient (Wildman–Crippen LogP) is 2.62. The maximum Gasteiger partial charge on any atom is 0.303 e. The zero-order valence-electron chi connectivity index (χ0n) is 13.0. The average Bonchev–Trinajstić information content (AvgIpc) is 2.52. The lowest BCUT2D eigenvalue weighted by Crippen LogP contribution is -2.42. The Morgan fingerprint density at radius 1 is 1.33 bits per heavy atom. The summed E-state index contributed by atoms with van der Waals surface area (Å²) in [6.45, 7) is 1.86. The van der Waals surface area contributed by atoms with Crippen molar-refractivity contribution in [3.8, 4) is 0 Å². The van der Waals surface area contributed by atoms with E-state index in [4.69, 9.17) is 5.11 Å². The minimum atomic E-state index is -4.32. The Bertz CT molecular complexity index is 738. The average molecular weight is 365 g/mol. The van der Waals surface area contributed by atoms with Gasteiger partial charge in [-0.1, -0.05) is 6.92 Å². The number of sulfonamides is 1. The maximum absolute atomic E-state index is 13.8. The Morgan fingerprint density at radius 2 is 2.00 bits per heavy atom. The van der Waals surface area contributed by atoms with E-state index in [2.05, 4.69) is 0 Å². The minimum Gasteiger partial charge on any atom is -0.481 e. The van der Waals surface area contributed by atoms with Crippen LogP contribution in [0, 0.1) is 29.3 Å². The normalized spacial score (nSPS) is 20.8. The molecule has 1 aliphatic rings. The summed E-state index contributed by atoms with van der Waals surface area (Å²) >= 11 is 0. The van der Waals surface area contributed by atoms with E-state index < -0.39 is 38.3 Å². The van der Waals surface area contributed by atoms with Gasteiger partial charge in [0.2, 0.25) is 10.0 Å². The second-order valence-electron chi connectivity index (χ2n) is 6.01. The molecule has 1 aromatic rings. The fourth-order valence-electron chi connectivity index (χ4n) is 2.95. The third-order valence-corrected chi connectivity index (χ3v) is 6.22. The molecule has 1 heterocycles. The van der Waals surface area contributed by atoms with Gasteiger partial charge in [-0.05, 0) is 36.8 Å². The maximum atomic E-state index is 13.8. The summed E-state index contributed by atoms with van der Waals surface area (Å²) in [5.74, 6) is -6.46. The second-order valence-corrected chi connectivity index (χ2v) is 7.92. The molecule has 2 unspecified atom stereocenters. The summed E-state index contributed by atoms with van der Waals surface area (Å²) < 4.78 is 66.3. The van der Waals surface area contributed by atoms with E-state index in [1.807, 2.05) is 0 Å². The van der Waals surface area contributed by atoms with Crippen LogP contribution >= 0.6 is 0 Å². The van der Waals surface area contributed by atoms with Gasteiger partial charge in [-0.3, -0.25) is 4.79 Å². The molecule has 134 valence electrons. The van der Waals surface area contributed by atoms with E-state index in [0.717, 1.165) is 4.31 Å². The number of carboxylic acids is 1. The molecular weight excluding hydrogens is 347 g/mol. The van der Waals surface area contributed by atoms with Gasteiger partial charge in [-0.15, -0.1) is 0 Å². The van der Waals surface area contributed by atoms with Crippen molar-refractivity contribution in [2.75, 3.05) is 13.1 Å². The molecular formula is C15H18F3NO4S. The lowest BCUT2D eigenvalue weighted by Gasteiger charge is -2.34. The van der Waals surface area contributed by atoms with Crippen molar-refractivity contribution in [2.24, 2.45) is 11.8 Å². The van der Waals surface area contributed by atoms with Gasteiger partial charge in [-0.2, -0.15) is 4.31 Å². The van der Waals surface area contributed by atoms with E-state index in [1.54, 1.807) is 6.92 Å². The van der Waals surface area contributed by atoms with Crippen LogP contribution in [0.15, 0.2) is 17.0 Å². The van der Waals surface area contributed by atoms with E-state index >= 15 is 0 Å². The van der Waals surface area contributed by atoms with Crippen LogP contribution in [-0.4, -0.2) is 36.9 Å². The summed E-state index contributed by atoms with van der Waals surface area (Å²) in [6.07, 6.45) is 1.04. The van der Waals surface area contributed by atoms with Gasteiger partial charge >= 0.3 is 5.97 Å². The molecule has 1 N–H and O–H groups in total. The first kappa shape index (κ1) is 18.7. The highest BCUT2D eigenvalue weighted by Gasteiger charge is 2.35. The number of carboxylic acid groups (broad SMARTS) is 1. The summed E-state index contributed by atoms with van der Waals surface area (Å²) in [5, 5.41) is 8.85. The lowest BCUT2D eigenvalue weighted by molar-refractivity contribution is -0.138. The number of halogens is 3. The first-order valence-corrected chi connectivity index (χ1v) is 8.94. The zero-order chi connectivity index (χ0) is 18.1. The molecule has 0 spiro atoms. The Labute approximate surface area is 138 Å². The number of nitrogens with zero attached hydrogens (tertiary/aromatic N) is 1. The van der Waals surface area contributed by atoms with Gasteiger partial charge < -0.3 is 5.11 Å². The molecule has 0 aliphatic carbocycles. The predicted molar refractivity (Wildman–Crippen MR) is 79.2 cm³/mol. The highest BCUT2D eigenvalue weighted by atomic mass is 32.2. The Kier molecular flexibility index (Phi) is 5.54. The molecule has 0 bridgehead atoms. The van der Waals surface area contributed by atoms with Crippen molar-refractivity contribution < 1.29 is 31.5 Å². The van der Waals surface area contributed by atoms with Crippen LogP contribution < -0.4 is 0 Å². The van der Waals surface area contributed by atoms with Gasteiger partial charge in [-0.25, -0.2) is 21.6 Å². The highest BCUT2D eigenvalue weighted by molar-refractivity contribution is 7.89. The van der Waals surface area contributed by atoms with Gasteiger partial charge in [0, 0.05) is 19.5 Å². The van der Waals surface area contributed by atoms with E-state index in [-0.39, 0.29) is 31.3 Å². The number of aliphatic carboxylic acids is 1. The van der Waals surface area contributed by atoms with Crippen LogP contribution in [0.1, 0.15) is 26.2 Å². The van der Waals surface area contributed by atoms with Crippen molar-refractivity contribution in [1.29, 1.82) is 0 Å². The van der Waals surface area contributed by atoms with Crippen molar-refractivity contribution >= 4 is 16.0 Å². The molecule has 24 heavy (non-hydrogen) atoms. The Morgan fingerprint density at radius 3 is 2.62 bits per heavy atom. The van der Waals surface area contributed by atoms with Crippen LogP contribution in [0.2, 0.25) is 0 Å². The molecule has 2 atom stereocenters. The largest absolute Gasteiger partial charge is 0.481 e. The standard InChI is InChI=1S/C15H18F3NO4S/c1-9(7-13(20)21)10-3-2-6-19(8-10)24(22,23)12-5-4-11(16)14(17)15(12)18/h4-5,9-10H,2-3,6-8H2,1H3,(H,20,21). The monoisotopic (exact) mass is 365 g/mol. The molecule has 1 saturated heterocycles. The molecule has 0 aromatic heterocycles. The van der Waals surface area contributed by atoms with Crippen LogP contribution in [-0.2, 0) is 14.8 Å². The third kappa shape index (κ3) is 3.72. The van der Waals surface area contributed by atoms with Crippen LogP contribution in [0.5, 0.6) is 0 Å². The van der Waals surface area contributed by atoms with Gasteiger partial charge in [0.25, 0.3) is 0 Å². The van der Waals surface area contributed by atoms with Gasteiger partial charge in [0.1, 0.15) is 4.90 Å². The number of hydrogen-bond acceptors (Lipinski definition) is 3. The van der Waals surface area contributed by atoms with Crippen molar-refractivity contribution in [2.45, 2.75) is 31.1 Å². The number of benzene rings is 1. The highest BCUT2D eigenvalue weighted by Crippen LogP contribution is 2.31. The van der Waals surface area contributed by atoms with E-state index in [0.29, 0.717) is 25.0 Å². The van der Waals surface area contributed by atoms with Crippen molar-refractivity contribution in [3.05, 3.63) is 29.6 Å². The zero-order valence-corrected chi connectivity index (χ0v) is 13.8. The fourth-order valence-corrected chi connectivity index (χ4v) is 4.54. The molecule has 0 radical (unpaired) electrons. The fraction of sp³-hybridized carbons (Fsp3) is 0.533. The molecule has 9 heteroatoms. The molecule has 1 aromatic carbocycles. The Balaban J connectivity index is 2.26. The second kappa shape index (κ2) is 7.10. The summed E-state index contributed by atoms with van der Waals surface area (Å²) in [4.78, 5) is 9.90.